The van der Waals surface area contributed by atoms with E-state index in [0.29, 0.717) is 0 Å². The highest BCUT2D eigenvalue weighted by molar-refractivity contribution is 4.54. The molecule has 0 saturated carbocycles. The van der Waals surface area contributed by atoms with Crippen LogP contribution in [0.25, 0.3) is 0 Å². The molecule has 0 fully saturated rings. The quantitative estimate of drug-likeness (QED) is 0.557. The number of hydrogen-bond acceptors (Lipinski definition) is 1. The average molecular weight is 171 g/mol. The molecule has 0 bridgehead atoms. The van der Waals surface area contributed by atoms with E-state index in [0.717, 1.165) is 12.5 Å². The van der Waals surface area contributed by atoms with Crippen molar-refractivity contribution in [1.29, 1.82) is 0 Å². The van der Waals surface area contributed by atoms with Gasteiger partial charge in [0.1, 0.15) is 0 Å². The fourth-order valence-electron chi connectivity index (χ4n) is 1.53. The van der Waals surface area contributed by atoms with Crippen molar-refractivity contribution >= 4 is 0 Å². The predicted molar refractivity (Wildman–Crippen MR) is 56.2 cm³/mol. The minimum absolute atomic E-state index is 0.860. The normalized spacial score (nSPS) is 13.2. The van der Waals surface area contributed by atoms with Crippen molar-refractivity contribution in [1.82, 2.24) is 0 Å². The molecule has 0 aliphatic heterocycles. The predicted octanol–water partition coefficient (Wildman–Crippen LogP) is 3.33. The molecule has 12 heavy (non-hydrogen) atoms. The van der Waals surface area contributed by atoms with E-state index in [1.165, 1.54) is 44.9 Å². The first kappa shape index (κ1) is 12.0. The summed E-state index contributed by atoms with van der Waals surface area (Å²) in [6.07, 6.45) is 9.52. The molecule has 0 spiro atoms. The van der Waals surface area contributed by atoms with E-state index in [9.17, 15) is 0 Å². The van der Waals surface area contributed by atoms with Crippen LogP contribution in [0.4, 0.5) is 0 Å². The number of hydrogen-bond donors (Lipinski definition) is 1. The maximum absolute atomic E-state index is 5.45. The lowest BCUT2D eigenvalue weighted by atomic mass is 9.98. The summed E-state index contributed by atoms with van der Waals surface area (Å²) in [7, 11) is 0. The summed E-state index contributed by atoms with van der Waals surface area (Å²) in [6.45, 7) is 5.47. The zero-order valence-corrected chi connectivity index (χ0v) is 8.81. The van der Waals surface area contributed by atoms with Crippen molar-refractivity contribution in [3.05, 3.63) is 0 Å². The van der Waals surface area contributed by atoms with Crippen LogP contribution >= 0.6 is 0 Å². The molecule has 0 aliphatic carbocycles. The van der Waals surface area contributed by atoms with Crippen molar-refractivity contribution < 1.29 is 0 Å². The van der Waals surface area contributed by atoms with Crippen LogP contribution in [0.1, 0.15) is 58.8 Å². The van der Waals surface area contributed by atoms with Crippen LogP contribution in [0.5, 0.6) is 0 Å². The van der Waals surface area contributed by atoms with E-state index < -0.39 is 0 Å². The number of nitrogens with two attached hydrogens (primary N) is 1. The van der Waals surface area contributed by atoms with Gasteiger partial charge in [-0.3, -0.25) is 0 Å². The molecule has 0 aliphatic rings. The number of rotatable bonds is 8. The van der Waals surface area contributed by atoms with Gasteiger partial charge in [-0.05, 0) is 25.3 Å². The van der Waals surface area contributed by atoms with E-state index in [1.54, 1.807) is 0 Å². The van der Waals surface area contributed by atoms with Gasteiger partial charge < -0.3 is 5.73 Å². The highest BCUT2D eigenvalue weighted by Gasteiger charge is 2.00. The lowest BCUT2D eigenvalue weighted by molar-refractivity contribution is 0.450. The summed E-state index contributed by atoms with van der Waals surface area (Å²) in [6, 6.07) is 0. The van der Waals surface area contributed by atoms with Crippen molar-refractivity contribution in [2.75, 3.05) is 6.54 Å². The molecule has 1 nitrogen and oxygen atoms in total. The Labute approximate surface area is 77.7 Å². The Kier molecular flexibility index (Phi) is 9.02. The molecule has 1 atom stereocenters. The summed E-state index contributed by atoms with van der Waals surface area (Å²) < 4.78 is 0. The van der Waals surface area contributed by atoms with Gasteiger partial charge in [0, 0.05) is 0 Å². The van der Waals surface area contributed by atoms with Crippen molar-refractivity contribution in [3.8, 4) is 0 Å². The van der Waals surface area contributed by atoms with E-state index in [4.69, 9.17) is 5.73 Å². The molecule has 0 unspecified atom stereocenters. The molecule has 0 saturated heterocycles. The molecule has 0 heterocycles. The van der Waals surface area contributed by atoms with E-state index in [-0.39, 0.29) is 0 Å². The molecule has 0 rings (SSSR count). The molecule has 0 amide bonds. The Hall–Kier alpha value is -0.0400. The van der Waals surface area contributed by atoms with E-state index in [2.05, 4.69) is 13.8 Å². The molecule has 2 N–H and O–H groups in total. The molecular formula is C11H25N. The third-order valence-electron chi connectivity index (χ3n) is 2.45. The third kappa shape index (κ3) is 8.06. The minimum atomic E-state index is 0.860. The SMILES string of the molecule is CCCCCC[C@H](C)CCCN. The second-order valence-corrected chi connectivity index (χ2v) is 3.89. The summed E-state index contributed by atoms with van der Waals surface area (Å²) >= 11 is 0. The Morgan fingerprint density at radius 1 is 1.00 bits per heavy atom. The first-order chi connectivity index (χ1) is 5.81. The zero-order chi connectivity index (χ0) is 9.23. The van der Waals surface area contributed by atoms with Crippen LogP contribution < -0.4 is 5.73 Å². The van der Waals surface area contributed by atoms with E-state index >= 15 is 0 Å². The van der Waals surface area contributed by atoms with Gasteiger partial charge in [-0.2, -0.15) is 0 Å². The largest absolute Gasteiger partial charge is 0.330 e. The summed E-state index contributed by atoms with van der Waals surface area (Å²) in [5.41, 5.74) is 5.45. The van der Waals surface area contributed by atoms with Crippen LogP contribution in [0.3, 0.4) is 0 Å². The topological polar surface area (TPSA) is 26.0 Å². The maximum atomic E-state index is 5.45. The highest BCUT2D eigenvalue weighted by atomic mass is 14.5. The average Bonchev–Trinajstić information content (AvgIpc) is 2.09. The Morgan fingerprint density at radius 2 is 1.67 bits per heavy atom. The maximum Gasteiger partial charge on any atom is -0.00772 e. The monoisotopic (exact) mass is 171 g/mol. The van der Waals surface area contributed by atoms with Crippen LogP contribution in [0.2, 0.25) is 0 Å². The van der Waals surface area contributed by atoms with Gasteiger partial charge in [0.25, 0.3) is 0 Å². The van der Waals surface area contributed by atoms with Gasteiger partial charge in [0.15, 0.2) is 0 Å². The van der Waals surface area contributed by atoms with Crippen LogP contribution in [-0.2, 0) is 0 Å². The van der Waals surface area contributed by atoms with Crippen molar-refractivity contribution in [3.63, 3.8) is 0 Å². The molecule has 0 radical (unpaired) electrons. The van der Waals surface area contributed by atoms with Gasteiger partial charge in [0.2, 0.25) is 0 Å². The molecule has 1 heteroatoms. The van der Waals surface area contributed by atoms with Crippen LogP contribution in [-0.4, -0.2) is 6.54 Å². The third-order valence-corrected chi connectivity index (χ3v) is 2.45. The second-order valence-electron chi connectivity index (χ2n) is 3.89. The molecule has 0 aromatic rings. The fourth-order valence-corrected chi connectivity index (χ4v) is 1.53. The summed E-state index contributed by atoms with van der Waals surface area (Å²) in [4.78, 5) is 0. The Morgan fingerprint density at radius 3 is 2.25 bits per heavy atom. The molecular weight excluding hydrogens is 146 g/mol. The molecule has 0 aromatic heterocycles. The molecule has 74 valence electrons. The minimum Gasteiger partial charge on any atom is -0.330 e. The van der Waals surface area contributed by atoms with Crippen LogP contribution in [0.15, 0.2) is 0 Å². The Balaban J connectivity index is 3.02. The lowest BCUT2D eigenvalue weighted by Gasteiger charge is -2.09. The van der Waals surface area contributed by atoms with Crippen molar-refractivity contribution in [2.45, 2.75) is 58.8 Å². The van der Waals surface area contributed by atoms with Gasteiger partial charge >= 0.3 is 0 Å². The standard InChI is InChI=1S/C11H25N/c1-3-4-5-6-8-11(2)9-7-10-12/h11H,3-10,12H2,1-2H3/t11-/m0/s1. The first-order valence-electron chi connectivity index (χ1n) is 5.51. The van der Waals surface area contributed by atoms with Gasteiger partial charge in [0.05, 0.1) is 0 Å². The van der Waals surface area contributed by atoms with Gasteiger partial charge in [-0.25, -0.2) is 0 Å². The smallest absolute Gasteiger partial charge is 0.00772 e. The number of unbranched alkanes of at least 4 members (excludes halogenated alkanes) is 3. The van der Waals surface area contributed by atoms with Gasteiger partial charge in [-0.1, -0.05) is 46.0 Å². The van der Waals surface area contributed by atoms with E-state index in [1.807, 2.05) is 0 Å². The van der Waals surface area contributed by atoms with Crippen molar-refractivity contribution in [2.24, 2.45) is 11.7 Å². The zero-order valence-electron chi connectivity index (χ0n) is 8.81. The first-order valence-corrected chi connectivity index (χ1v) is 5.51. The second kappa shape index (κ2) is 9.05. The van der Waals surface area contributed by atoms with Gasteiger partial charge in [-0.15, -0.1) is 0 Å². The van der Waals surface area contributed by atoms with Crippen LogP contribution in [0, 0.1) is 5.92 Å². The highest BCUT2D eigenvalue weighted by Crippen LogP contribution is 2.14. The summed E-state index contributed by atoms with van der Waals surface area (Å²) in [5, 5.41) is 0. The Bertz CT molecular complexity index is 81.1. The summed E-state index contributed by atoms with van der Waals surface area (Å²) in [5.74, 6) is 0.894. The fraction of sp³-hybridized carbons (Fsp3) is 1.00. The lowest BCUT2D eigenvalue weighted by Crippen LogP contribution is -2.02. The molecule has 0 aromatic carbocycles.